The molecule has 0 amide bonds. The third-order valence-electron chi connectivity index (χ3n) is 2.66. The highest BCUT2D eigenvalue weighted by Gasteiger charge is 2.33. The van der Waals surface area contributed by atoms with Crippen LogP contribution in [0.4, 0.5) is 0 Å². The molecule has 2 nitrogen and oxygen atoms in total. The Hall–Kier alpha value is -0.0800. The van der Waals surface area contributed by atoms with Crippen molar-refractivity contribution >= 4 is 0 Å². The lowest BCUT2D eigenvalue weighted by molar-refractivity contribution is -0.0123. The smallest absolute Gasteiger partial charge is 0.0835 e. The zero-order valence-corrected chi connectivity index (χ0v) is 9.21. The Kier molecular flexibility index (Phi) is 3.36. The molecule has 78 valence electrons. The van der Waals surface area contributed by atoms with Gasteiger partial charge in [-0.2, -0.15) is 0 Å². The van der Waals surface area contributed by atoms with Crippen LogP contribution in [0.25, 0.3) is 0 Å². The van der Waals surface area contributed by atoms with Crippen LogP contribution in [-0.2, 0) is 4.74 Å². The van der Waals surface area contributed by atoms with Gasteiger partial charge < -0.3 is 9.84 Å². The van der Waals surface area contributed by atoms with Gasteiger partial charge in [0.15, 0.2) is 0 Å². The monoisotopic (exact) mass is 186 g/mol. The summed E-state index contributed by atoms with van der Waals surface area (Å²) in [5.41, 5.74) is 0.328. The van der Waals surface area contributed by atoms with Crippen molar-refractivity contribution in [3.8, 4) is 0 Å². The lowest BCUT2D eigenvalue weighted by Gasteiger charge is -2.22. The van der Waals surface area contributed by atoms with Crippen molar-refractivity contribution in [1.82, 2.24) is 0 Å². The molecule has 0 spiro atoms. The number of rotatable bonds is 2. The zero-order chi connectivity index (χ0) is 10.1. The van der Waals surface area contributed by atoms with Gasteiger partial charge in [-0.05, 0) is 24.2 Å². The fourth-order valence-corrected chi connectivity index (χ4v) is 2.04. The van der Waals surface area contributed by atoms with E-state index < -0.39 is 0 Å². The van der Waals surface area contributed by atoms with E-state index in [2.05, 4.69) is 27.7 Å². The third kappa shape index (κ3) is 3.28. The van der Waals surface area contributed by atoms with E-state index in [0.29, 0.717) is 17.4 Å². The van der Waals surface area contributed by atoms with Crippen molar-refractivity contribution in [3.63, 3.8) is 0 Å². The second-order valence-corrected chi connectivity index (χ2v) is 5.46. The average Bonchev–Trinajstić information content (AvgIpc) is 2.26. The van der Waals surface area contributed by atoms with Crippen LogP contribution in [0, 0.1) is 11.3 Å². The van der Waals surface area contributed by atoms with Gasteiger partial charge in [0.2, 0.25) is 0 Å². The second-order valence-electron chi connectivity index (χ2n) is 5.46. The zero-order valence-electron chi connectivity index (χ0n) is 9.21. The van der Waals surface area contributed by atoms with Gasteiger partial charge in [-0.3, -0.25) is 0 Å². The molecule has 0 aliphatic carbocycles. The Bertz CT molecular complexity index is 160. The van der Waals surface area contributed by atoms with Crippen molar-refractivity contribution in [3.05, 3.63) is 0 Å². The van der Waals surface area contributed by atoms with Crippen molar-refractivity contribution < 1.29 is 9.84 Å². The minimum atomic E-state index is 0.0762. The van der Waals surface area contributed by atoms with Crippen LogP contribution in [-0.4, -0.2) is 23.9 Å². The van der Waals surface area contributed by atoms with Gasteiger partial charge >= 0.3 is 0 Å². The molecule has 0 aromatic rings. The summed E-state index contributed by atoms with van der Waals surface area (Å²) >= 11 is 0. The van der Waals surface area contributed by atoms with Crippen LogP contribution in [0.1, 0.15) is 40.5 Å². The Labute approximate surface area is 81.3 Å². The summed E-state index contributed by atoms with van der Waals surface area (Å²) in [7, 11) is 0. The lowest BCUT2D eigenvalue weighted by atomic mass is 9.87. The maximum absolute atomic E-state index is 9.03. The van der Waals surface area contributed by atoms with E-state index in [1.807, 2.05) is 0 Å². The minimum absolute atomic E-state index is 0.0762. The van der Waals surface area contributed by atoms with E-state index in [1.165, 1.54) is 0 Å². The summed E-state index contributed by atoms with van der Waals surface area (Å²) in [6, 6.07) is 0. The lowest BCUT2D eigenvalue weighted by Crippen LogP contribution is -2.21. The molecule has 1 rings (SSSR count). The summed E-state index contributed by atoms with van der Waals surface area (Å²) in [4.78, 5) is 0. The number of ether oxygens (including phenoxy) is 1. The van der Waals surface area contributed by atoms with Crippen LogP contribution in [0.2, 0.25) is 0 Å². The van der Waals surface area contributed by atoms with Crippen molar-refractivity contribution in [1.29, 1.82) is 0 Å². The van der Waals surface area contributed by atoms with Crippen molar-refractivity contribution in [2.45, 2.75) is 52.7 Å². The molecule has 0 aromatic carbocycles. The normalized spacial score (nSPS) is 35.3. The van der Waals surface area contributed by atoms with Crippen LogP contribution in [0.15, 0.2) is 0 Å². The van der Waals surface area contributed by atoms with Crippen LogP contribution < -0.4 is 0 Å². The van der Waals surface area contributed by atoms with Crippen molar-refractivity contribution in [2.24, 2.45) is 11.3 Å². The van der Waals surface area contributed by atoms with E-state index in [0.717, 1.165) is 12.8 Å². The van der Waals surface area contributed by atoms with E-state index in [1.54, 1.807) is 0 Å². The molecule has 13 heavy (non-hydrogen) atoms. The van der Waals surface area contributed by atoms with Gasteiger partial charge in [0.1, 0.15) is 0 Å². The van der Waals surface area contributed by atoms with Crippen LogP contribution >= 0.6 is 0 Å². The first-order valence-electron chi connectivity index (χ1n) is 5.18. The summed E-state index contributed by atoms with van der Waals surface area (Å²) in [6.07, 6.45) is 2.62. The molecule has 2 heteroatoms. The second kappa shape index (κ2) is 3.97. The van der Waals surface area contributed by atoms with Crippen molar-refractivity contribution in [2.75, 3.05) is 6.61 Å². The molecule has 0 bridgehead atoms. The SMILES string of the molecule is CC1C[C@H](CC(C)(C)C)O[C@@H]1CO. The predicted molar refractivity (Wildman–Crippen MR) is 53.6 cm³/mol. The van der Waals surface area contributed by atoms with Gasteiger partial charge in [-0.25, -0.2) is 0 Å². The number of hydrogen-bond acceptors (Lipinski definition) is 2. The fraction of sp³-hybridized carbons (Fsp3) is 1.00. The molecule has 1 saturated heterocycles. The molecule has 1 unspecified atom stereocenters. The van der Waals surface area contributed by atoms with Gasteiger partial charge in [-0.15, -0.1) is 0 Å². The third-order valence-corrected chi connectivity index (χ3v) is 2.66. The van der Waals surface area contributed by atoms with Crippen LogP contribution in [0.3, 0.4) is 0 Å². The van der Waals surface area contributed by atoms with Gasteiger partial charge in [0, 0.05) is 0 Å². The largest absolute Gasteiger partial charge is 0.394 e. The first kappa shape index (κ1) is 11.0. The van der Waals surface area contributed by atoms with Gasteiger partial charge in [0.25, 0.3) is 0 Å². The molecule has 0 saturated carbocycles. The fourth-order valence-electron chi connectivity index (χ4n) is 2.04. The summed E-state index contributed by atoms with van der Waals surface area (Å²) < 4.78 is 5.75. The Morgan fingerprint density at radius 2 is 2.00 bits per heavy atom. The molecule has 3 atom stereocenters. The van der Waals surface area contributed by atoms with E-state index in [9.17, 15) is 0 Å². The van der Waals surface area contributed by atoms with Crippen LogP contribution in [0.5, 0.6) is 0 Å². The molecule has 1 aliphatic heterocycles. The van der Waals surface area contributed by atoms with E-state index in [4.69, 9.17) is 9.84 Å². The van der Waals surface area contributed by atoms with E-state index >= 15 is 0 Å². The highest BCUT2D eigenvalue weighted by molar-refractivity contribution is 4.82. The summed E-state index contributed by atoms with van der Waals surface area (Å²) in [6.45, 7) is 9.01. The Morgan fingerprint density at radius 3 is 2.38 bits per heavy atom. The standard InChI is InChI=1S/C11H22O2/c1-8-5-9(6-11(2,3)4)13-10(8)7-12/h8-10,12H,5-7H2,1-4H3/t8?,9-,10-/m1/s1. The Balaban J connectivity index is 2.40. The summed E-state index contributed by atoms with van der Waals surface area (Å²) in [5.74, 6) is 0.511. The maximum Gasteiger partial charge on any atom is 0.0835 e. The number of aliphatic hydroxyl groups excluding tert-OH is 1. The topological polar surface area (TPSA) is 29.5 Å². The first-order valence-corrected chi connectivity index (χ1v) is 5.18. The average molecular weight is 186 g/mol. The molecule has 1 fully saturated rings. The molecule has 0 aromatic heterocycles. The summed E-state index contributed by atoms with van der Waals surface area (Å²) in [5, 5.41) is 9.03. The maximum atomic E-state index is 9.03. The quantitative estimate of drug-likeness (QED) is 0.716. The molecule has 1 heterocycles. The molecule has 1 aliphatic rings. The highest BCUT2D eigenvalue weighted by Crippen LogP contribution is 2.33. The molecule has 0 radical (unpaired) electrons. The predicted octanol–water partition coefficient (Wildman–Crippen LogP) is 2.21. The van der Waals surface area contributed by atoms with Gasteiger partial charge in [0.05, 0.1) is 18.8 Å². The number of hydrogen-bond donors (Lipinski definition) is 1. The Morgan fingerprint density at radius 1 is 1.38 bits per heavy atom. The first-order chi connectivity index (χ1) is 5.92. The number of aliphatic hydroxyl groups is 1. The van der Waals surface area contributed by atoms with Gasteiger partial charge in [-0.1, -0.05) is 27.7 Å². The highest BCUT2D eigenvalue weighted by atomic mass is 16.5. The van der Waals surface area contributed by atoms with E-state index in [-0.39, 0.29) is 12.7 Å². The minimum Gasteiger partial charge on any atom is -0.394 e. The molecular formula is C11H22O2. The molecule has 1 N–H and O–H groups in total. The molecular weight excluding hydrogens is 164 g/mol.